The van der Waals surface area contributed by atoms with Gasteiger partial charge in [0.15, 0.2) is 0 Å². The Balaban J connectivity index is 1.91. The van der Waals surface area contributed by atoms with Crippen molar-refractivity contribution in [3.63, 3.8) is 0 Å². The lowest BCUT2D eigenvalue weighted by Gasteiger charge is -2.14. The summed E-state index contributed by atoms with van der Waals surface area (Å²) in [5.41, 5.74) is 3.94. The van der Waals surface area contributed by atoms with Crippen molar-refractivity contribution in [3.8, 4) is 6.07 Å². The zero-order chi connectivity index (χ0) is 21.0. The first-order chi connectivity index (χ1) is 13.9. The Morgan fingerprint density at radius 2 is 2.10 bits per heavy atom. The third-order valence-electron chi connectivity index (χ3n) is 4.35. The summed E-state index contributed by atoms with van der Waals surface area (Å²) >= 11 is 0. The molecule has 8 heteroatoms. The Hall–Kier alpha value is -3.99. The van der Waals surface area contributed by atoms with Gasteiger partial charge in [-0.05, 0) is 30.2 Å². The minimum absolute atomic E-state index is 0.0257. The van der Waals surface area contributed by atoms with Crippen LogP contribution in [0.2, 0.25) is 0 Å². The number of pyridine rings is 1. The number of hydrogen-bond acceptors (Lipinski definition) is 6. The van der Waals surface area contributed by atoms with Crippen LogP contribution in [0.1, 0.15) is 46.9 Å². The van der Waals surface area contributed by atoms with Gasteiger partial charge in [0.25, 0.3) is 5.91 Å². The van der Waals surface area contributed by atoms with E-state index in [4.69, 9.17) is 5.41 Å². The van der Waals surface area contributed by atoms with E-state index in [9.17, 15) is 10.1 Å². The Morgan fingerprint density at radius 3 is 2.72 bits per heavy atom. The average molecular weight is 387 g/mol. The van der Waals surface area contributed by atoms with Gasteiger partial charge in [0.1, 0.15) is 5.69 Å². The predicted octanol–water partition coefficient (Wildman–Crippen LogP) is 3.80. The number of carbonyl (C=O) groups excluding carboxylic acids is 1. The van der Waals surface area contributed by atoms with Gasteiger partial charge in [-0.3, -0.25) is 14.5 Å². The average Bonchev–Trinajstić information content (AvgIpc) is 3.12. The van der Waals surface area contributed by atoms with Gasteiger partial charge >= 0.3 is 0 Å². The molecule has 0 atom stereocenters. The van der Waals surface area contributed by atoms with Gasteiger partial charge < -0.3 is 16.0 Å². The summed E-state index contributed by atoms with van der Waals surface area (Å²) in [6.07, 6.45) is 6.18. The van der Waals surface area contributed by atoms with Crippen LogP contribution in [0.3, 0.4) is 0 Å². The number of nitrogens with zero attached hydrogens (tertiary/aromatic N) is 4. The molecule has 1 amide bonds. The molecule has 0 unspecified atom stereocenters. The Kier molecular flexibility index (Phi) is 5.69. The molecule has 0 aliphatic heterocycles. The van der Waals surface area contributed by atoms with E-state index in [1.807, 2.05) is 27.1 Å². The van der Waals surface area contributed by atoms with Crippen LogP contribution in [0.25, 0.3) is 0 Å². The fourth-order valence-electron chi connectivity index (χ4n) is 3.04. The highest BCUT2D eigenvalue weighted by atomic mass is 16.1. The first kappa shape index (κ1) is 19.8. The van der Waals surface area contributed by atoms with Crippen molar-refractivity contribution < 1.29 is 4.79 Å². The van der Waals surface area contributed by atoms with Crippen molar-refractivity contribution in [2.45, 2.75) is 19.8 Å². The topological polar surface area (TPSA) is 119 Å². The number of carbonyl (C=O) groups is 1. The van der Waals surface area contributed by atoms with Crippen molar-refractivity contribution in [2.75, 3.05) is 10.6 Å². The molecule has 3 aromatic rings. The summed E-state index contributed by atoms with van der Waals surface area (Å²) < 4.78 is 1.67. The van der Waals surface area contributed by atoms with Gasteiger partial charge in [0.2, 0.25) is 0 Å². The number of hydrogen-bond donors (Lipinski definition) is 3. The lowest BCUT2D eigenvalue weighted by molar-refractivity contribution is 0.102. The molecule has 2 heterocycles. The van der Waals surface area contributed by atoms with Crippen LogP contribution < -0.4 is 10.6 Å². The summed E-state index contributed by atoms with van der Waals surface area (Å²) in [4.78, 5) is 17.1. The number of amides is 1. The maximum absolute atomic E-state index is 12.9. The maximum Gasteiger partial charge on any atom is 0.274 e. The number of aromatic nitrogens is 3. The molecule has 2 aromatic heterocycles. The van der Waals surface area contributed by atoms with Crippen molar-refractivity contribution in [2.24, 2.45) is 7.05 Å². The van der Waals surface area contributed by atoms with Crippen LogP contribution in [0, 0.1) is 16.7 Å². The van der Waals surface area contributed by atoms with Gasteiger partial charge in [-0.1, -0.05) is 13.8 Å². The number of aryl methyl sites for hydroxylation is 1. The molecule has 29 heavy (non-hydrogen) atoms. The van der Waals surface area contributed by atoms with Gasteiger partial charge in [-0.25, -0.2) is 0 Å². The van der Waals surface area contributed by atoms with Gasteiger partial charge in [0.05, 0.1) is 23.5 Å². The summed E-state index contributed by atoms with van der Waals surface area (Å²) in [5, 5.41) is 27.1. The smallest absolute Gasteiger partial charge is 0.274 e. The Labute approximate surface area is 168 Å². The highest BCUT2D eigenvalue weighted by molar-refractivity contribution is 6.05. The molecule has 0 aliphatic carbocycles. The minimum Gasteiger partial charge on any atom is -0.352 e. The van der Waals surface area contributed by atoms with E-state index >= 15 is 0 Å². The van der Waals surface area contributed by atoms with Crippen LogP contribution in [-0.4, -0.2) is 26.9 Å². The normalized spacial score (nSPS) is 10.4. The third-order valence-corrected chi connectivity index (χ3v) is 4.35. The molecular formula is C21H21N7O. The molecule has 3 N–H and O–H groups in total. The van der Waals surface area contributed by atoms with Crippen LogP contribution >= 0.6 is 0 Å². The second kappa shape index (κ2) is 8.35. The SMILES string of the molecule is CC(C)c1c(C#N)ccnc1C(=O)Nc1ccc(C=N)c(Nc2cnn(C)c2)c1. The first-order valence-electron chi connectivity index (χ1n) is 9.03. The first-order valence-corrected chi connectivity index (χ1v) is 9.03. The summed E-state index contributed by atoms with van der Waals surface area (Å²) in [6.45, 7) is 3.84. The highest BCUT2D eigenvalue weighted by Gasteiger charge is 2.19. The highest BCUT2D eigenvalue weighted by Crippen LogP contribution is 2.26. The zero-order valence-corrected chi connectivity index (χ0v) is 16.4. The van der Waals surface area contributed by atoms with E-state index in [1.54, 1.807) is 35.1 Å². The molecular weight excluding hydrogens is 366 g/mol. The van der Waals surface area contributed by atoms with E-state index < -0.39 is 0 Å². The molecule has 0 saturated carbocycles. The Morgan fingerprint density at radius 1 is 1.31 bits per heavy atom. The zero-order valence-electron chi connectivity index (χ0n) is 16.4. The summed E-state index contributed by atoms with van der Waals surface area (Å²) in [6, 6.07) is 8.94. The predicted molar refractivity (Wildman–Crippen MR) is 112 cm³/mol. The third kappa shape index (κ3) is 4.30. The minimum atomic E-state index is -0.388. The number of nitrogens with one attached hydrogen (secondary N) is 3. The van der Waals surface area contributed by atoms with Crippen LogP contribution in [0.4, 0.5) is 17.1 Å². The molecule has 0 bridgehead atoms. The second-order valence-corrected chi connectivity index (χ2v) is 6.82. The van der Waals surface area contributed by atoms with Crippen LogP contribution in [-0.2, 0) is 7.05 Å². The monoisotopic (exact) mass is 387 g/mol. The molecule has 8 nitrogen and oxygen atoms in total. The lowest BCUT2D eigenvalue weighted by atomic mass is 9.96. The standard InChI is InChI=1S/C21H21N7O/c1-13(2)19-15(10-23)6-7-24-20(19)21(29)27-16-5-4-14(9-22)18(8-16)26-17-11-25-28(3)12-17/h4-9,11-13,22,26H,1-3H3,(H,27,29). The van der Waals surface area contributed by atoms with Gasteiger partial charge in [-0.2, -0.15) is 10.4 Å². The van der Waals surface area contributed by atoms with E-state index in [2.05, 4.69) is 26.8 Å². The van der Waals surface area contributed by atoms with Crippen molar-refractivity contribution in [1.82, 2.24) is 14.8 Å². The van der Waals surface area contributed by atoms with Gasteiger partial charge in [-0.15, -0.1) is 0 Å². The quantitative estimate of drug-likeness (QED) is 0.556. The van der Waals surface area contributed by atoms with Gasteiger partial charge in [0, 0.05) is 48.2 Å². The van der Waals surface area contributed by atoms with Crippen LogP contribution in [0.15, 0.2) is 42.9 Å². The number of benzene rings is 1. The number of anilines is 3. The van der Waals surface area contributed by atoms with E-state index in [0.717, 1.165) is 5.69 Å². The fraction of sp³-hybridized carbons (Fsp3) is 0.190. The van der Waals surface area contributed by atoms with Crippen molar-refractivity contribution in [3.05, 3.63) is 65.2 Å². The summed E-state index contributed by atoms with van der Waals surface area (Å²) in [5.74, 6) is -0.414. The van der Waals surface area contributed by atoms with E-state index in [-0.39, 0.29) is 17.5 Å². The fourth-order valence-corrected chi connectivity index (χ4v) is 3.04. The summed E-state index contributed by atoms with van der Waals surface area (Å²) in [7, 11) is 1.81. The van der Waals surface area contributed by atoms with Crippen molar-refractivity contribution >= 4 is 29.2 Å². The van der Waals surface area contributed by atoms with E-state index in [1.165, 1.54) is 12.4 Å². The molecule has 0 radical (unpaired) electrons. The number of nitriles is 1. The molecule has 0 saturated heterocycles. The molecule has 0 aliphatic rings. The molecule has 3 rings (SSSR count). The van der Waals surface area contributed by atoms with Crippen molar-refractivity contribution in [1.29, 1.82) is 10.7 Å². The molecule has 1 aromatic carbocycles. The molecule has 0 spiro atoms. The largest absolute Gasteiger partial charge is 0.352 e. The maximum atomic E-state index is 12.9. The van der Waals surface area contributed by atoms with Crippen LogP contribution in [0.5, 0.6) is 0 Å². The lowest BCUT2D eigenvalue weighted by Crippen LogP contribution is -2.18. The Bertz CT molecular complexity index is 1110. The number of rotatable bonds is 6. The second-order valence-electron chi connectivity index (χ2n) is 6.82. The van der Waals surface area contributed by atoms with E-state index in [0.29, 0.717) is 28.1 Å². The molecule has 146 valence electrons. The molecule has 0 fully saturated rings.